The van der Waals surface area contributed by atoms with Gasteiger partial charge < -0.3 is 9.64 Å². The number of ketones is 1. The van der Waals surface area contributed by atoms with Crippen molar-refractivity contribution in [3.05, 3.63) is 65.7 Å². The Morgan fingerprint density at radius 2 is 1.81 bits per heavy atom. The van der Waals surface area contributed by atoms with Crippen LogP contribution in [0.3, 0.4) is 0 Å². The van der Waals surface area contributed by atoms with E-state index >= 15 is 0 Å². The minimum absolute atomic E-state index is 0.0831. The lowest BCUT2D eigenvalue weighted by atomic mass is 9.90. The number of nitrogens with one attached hydrogen (secondary N) is 1. The SMILES string of the molecule is CC(=O)c1cccc(OCCCC[NH+]2CCC(Cc3ccccc3)CC2)c1. The maximum atomic E-state index is 11.4. The summed E-state index contributed by atoms with van der Waals surface area (Å²) in [7, 11) is 0. The van der Waals surface area contributed by atoms with Gasteiger partial charge in [-0.05, 0) is 62.6 Å². The highest BCUT2D eigenvalue weighted by molar-refractivity contribution is 5.94. The van der Waals surface area contributed by atoms with Gasteiger partial charge in [0.2, 0.25) is 0 Å². The summed E-state index contributed by atoms with van der Waals surface area (Å²) >= 11 is 0. The molecule has 0 bridgehead atoms. The maximum Gasteiger partial charge on any atom is 0.159 e. The Balaban J connectivity index is 1.28. The molecule has 0 atom stereocenters. The largest absolute Gasteiger partial charge is 0.494 e. The van der Waals surface area contributed by atoms with Crippen molar-refractivity contribution in [3.63, 3.8) is 0 Å². The third kappa shape index (κ3) is 6.51. The van der Waals surface area contributed by atoms with Gasteiger partial charge in [0, 0.05) is 5.56 Å². The average molecular weight is 367 g/mol. The molecule has 2 aromatic carbocycles. The Morgan fingerprint density at radius 1 is 1.04 bits per heavy atom. The van der Waals surface area contributed by atoms with Gasteiger partial charge in [-0.15, -0.1) is 0 Å². The van der Waals surface area contributed by atoms with Gasteiger partial charge in [0.15, 0.2) is 5.78 Å². The number of Topliss-reactive ketones (excluding diaryl/α,β-unsaturated/α-hetero) is 1. The zero-order chi connectivity index (χ0) is 18.9. The van der Waals surface area contributed by atoms with E-state index in [4.69, 9.17) is 4.74 Å². The fraction of sp³-hybridized carbons (Fsp3) is 0.458. The lowest BCUT2D eigenvalue weighted by molar-refractivity contribution is -0.906. The van der Waals surface area contributed by atoms with Gasteiger partial charge in [-0.25, -0.2) is 0 Å². The van der Waals surface area contributed by atoms with Gasteiger partial charge in [-0.3, -0.25) is 4.79 Å². The average Bonchev–Trinajstić information content (AvgIpc) is 2.70. The summed E-state index contributed by atoms with van der Waals surface area (Å²) in [6.07, 6.45) is 6.20. The fourth-order valence-electron chi connectivity index (χ4n) is 3.96. The monoisotopic (exact) mass is 366 g/mol. The van der Waals surface area contributed by atoms with Crippen LogP contribution in [0.2, 0.25) is 0 Å². The van der Waals surface area contributed by atoms with Crippen LogP contribution in [0.25, 0.3) is 0 Å². The first kappa shape index (κ1) is 19.6. The van der Waals surface area contributed by atoms with Crippen LogP contribution >= 0.6 is 0 Å². The van der Waals surface area contributed by atoms with E-state index in [0.29, 0.717) is 0 Å². The van der Waals surface area contributed by atoms with Crippen LogP contribution in [0.5, 0.6) is 5.75 Å². The van der Waals surface area contributed by atoms with Gasteiger partial charge in [0.1, 0.15) is 5.75 Å². The molecule has 1 fully saturated rings. The van der Waals surface area contributed by atoms with Crippen LogP contribution < -0.4 is 9.64 Å². The van der Waals surface area contributed by atoms with Gasteiger partial charge in [-0.1, -0.05) is 42.5 Å². The first-order valence-corrected chi connectivity index (χ1v) is 10.3. The second-order valence-corrected chi connectivity index (χ2v) is 7.77. The molecule has 0 amide bonds. The summed E-state index contributed by atoms with van der Waals surface area (Å²) in [5, 5.41) is 0. The van der Waals surface area contributed by atoms with Crippen molar-refractivity contribution < 1.29 is 14.4 Å². The molecular formula is C24H32NO2+. The highest BCUT2D eigenvalue weighted by Gasteiger charge is 2.21. The van der Waals surface area contributed by atoms with Crippen LogP contribution in [0.1, 0.15) is 48.5 Å². The highest BCUT2D eigenvalue weighted by atomic mass is 16.5. The Bertz CT molecular complexity index is 705. The van der Waals surface area contributed by atoms with Gasteiger partial charge in [-0.2, -0.15) is 0 Å². The number of benzene rings is 2. The van der Waals surface area contributed by atoms with E-state index in [1.165, 1.54) is 50.9 Å². The van der Waals surface area contributed by atoms with Crippen molar-refractivity contribution in [2.75, 3.05) is 26.2 Å². The maximum absolute atomic E-state index is 11.4. The summed E-state index contributed by atoms with van der Waals surface area (Å²) in [6, 6.07) is 18.4. The molecule has 144 valence electrons. The number of hydrogen-bond acceptors (Lipinski definition) is 2. The number of carbonyl (C=O) groups is 1. The summed E-state index contributed by atoms with van der Waals surface area (Å²) < 4.78 is 5.81. The van der Waals surface area contributed by atoms with E-state index in [9.17, 15) is 4.79 Å². The summed E-state index contributed by atoms with van der Waals surface area (Å²) in [4.78, 5) is 13.2. The third-order valence-electron chi connectivity index (χ3n) is 5.61. The molecule has 1 saturated heterocycles. The predicted octanol–water partition coefficient (Wildman–Crippen LogP) is 3.59. The molecular weight excluding hydrogens is 334 g/mol. The second-order valence-electron chi connectivity index (χ2n) is 7.77. The van der Waals surface area contributed by atoms with Crippen molar-refractivity contribution >= 4 is 5.78 Å². The number of likely N-dealkylation sites (tertiary alicyclic amines) is 1. The van der Waals surface area contributed by atoms with Crippen LogP contribution in [0.4, 0.5) is 0 Å². The van der Waals surface area contributed by atoms with E-state index in [-0.39, 0.29) is 5.78 Å². The summed E-state index contributed by atoms with van der Waals surface area (Å²) in [6.45, 7) is 6.17. The molecule has 1 heterocycles. The Kier molecular flexibility index (Phi) is 7.46. The van der Waals surface area contributed by atoms with Crippen molar-refractivity contribution in [1.29, 1.82) is 0 Å². The van der Waals surface area contributed by atoms with Crippen molar-refractivity contribution in [2.24, 2.45) is 5.92 Å². The minimum Gasteiger partial charge on any atom is -0.494 e. The molecule has 0 radical (unpaired) electrons. The van der Waals surface area contributed by atoms with Crippen molar-refractivity contribution in [3.8, 4) is 5.75 Å². The summed E-state index contributed by atoms with van der Waals surface area (Å²) in [5.41, 5.74) is 2.20. The smallest absolute Gasteiger partial charge is 0.159 e. The van der Waals surface area contributed by atoms with Crippen molar-refractivity contribution in [1.82, 2.24) is 0 Å². The normalized spacial score (nSPS) is 19.6. The lowest BCUT2D eigenvalue weighted by Gasteiger charge is -2.29. The zero-order valence-corrected chi connectivity index (χ0v) is 16.5. The highest BCUT2D eigenvalue weighted by Crippen LogP contribution is 2.17. The molecule has 3 heteroatoms. The molecule has 3 rings (SSSR count). The quantitative estimate of drug-likeness (QED) is 0.543. The van der Waals surface area contributed by atoms with E-state index in [2.05, 4.69) is 30.3 Å². The number of ether oxygens (including phenoxy) is 1. The number of hydrogen-bond donors (Lipinski definition) is 1. The number of unbranched alkanes of at least 4 members (excludes halogenated alkanes) is 1. The molecule has 1 aliphatic rings. The number of carbonyl (C=O) groups excluding carboxylic acids is 1. The van der Waals surface area contributed by atoms with Crippen LogP contribution in [-0.4, -0.2) is 32.0 Å². The molecule has 1 aliphatic heterocycles. The van der Waals surface area contributed by atoms with Gasteiger partial charge in [0.25, 0.3) is 0 Å². The molecule has 2 aromatic rings. The predicted molar refractivity (Wildman–Crippen MR) is 110 cm³/mol. The molecule has 0 saturated carbocycles. The molecule has 27 heavy (non-hydrogen) atoms. The molecule has 1 N–H and O–H groups in total. The van der Waals surface area contributed by atoms with Crippen LogP contribution in [0, 0.1) is 5.92 Å². The third-order valence-corrected chi connectivity index (χ3v) is 5.61. The first-order valence-electron chi connectivity index (χ1n) is 10.3. The molecule has 0 aliphatic carbocycles. The topological polar surface area (TPSA) is 30.7 Å². The second kappa shape index (κ2) is 10.3. The standard InChI is InChI=1S/C24H31NO2/c1-20(26)23-10-7-11-24(19-23)27-17-6-5-14-25-15-12-22(13-16-25)18-21-8-3-2-4-9-21/h2-4,7-11,19,22H,5-6,12-18H2,1H3/p+1. The zero-order valence-electron chi connectivity index (χ0n) is 16.5. The van der Waals surface area contributed by atoms with Crippen LogP contribution in [0.15, 0.2) is 54.6 Å². The molecule has 0 unspecified atom stereocenters. The number of rotatable bonds is 9. The Hall–Kier alpha value is -2.13. The van der Waals surface area contributed by atoms with Gasteiger partial charge >= 0.3 is 0 Å². The minimum atomic E-state index is 0.0831. The molecule has 0 aromatic heterocycles. The Morgan fingerprint density at radius 3 is 2.56 bits per heavy atom. The van der Waals surface area contributed by atoms with Gasteiger partial charge in [0.05, 0.1) is 26.2 Å². The van der Waals surface area contributed by atoms with E-state index in [0.717, 1.165) is 30.3 Å². The molecule has 0 spiro atoms. The van der Waals surface area contributed by atoms with Crippen LogP contribution in [-0.2, 0) is 6.42 Å². The van der Waals surface area contributed by atoms with E-state index < -0.39 is 0 Å². The summed E-state index contributed by atoms with van der Waals surface area (Å²) in [5.74, 6) is 1.74. The van der Waals surface area contributed by atoms with E-state index in [1.807, 2.05) is 24.3 Å². The number of quaternary nitrogens is 1. The Labute approximate surface area is 163 Å². The van der Waals surface area contributed by atoms with Crippen molar-refractivity contribution in [2.45, 2.75) is 39.0 Å². The fourth-order valence-corrected chi connectivity index (χ4v) is 3.96. The number of piperidine rings is 1. The lowest BCUT2D eigenvalue weighted by Crippen LogP contribution is -3.13. The molecule has 3 nitrogen and oxygen atoms in total. The first-order chi connectivity index (χ1) is 13.2. The van der Waals surface area contributed by atoms with E-state index in [1.54, 1.807) is 11.8 Å².